The van der Waals surface area contributed by atoms with Gasteiger partial charge in [-0.3, -0.25) is 0 Å². The molecular weight excluding hydrogens is 298 g/mol. The van der Waals surface area contributed by atoms with Crippen LogP contribution >= 0.6 is 0 Å². The van der Waals surface area contributed by atoms with Crippen LogP contribution in [0.15, 0.2) is 35.3 Å². The highest BCUT2D eigenvalue weighted by atomic mass is 16.3. The summed E-state index contributed by atoms with van der Waals surface area (Å²) in [6, 6.07) is 10.0. The highest BCUT2D eigenvalue weighted by Gasteiger charge is 2.16. The Morgan fingerprint density at radius 2 is 1.83 bits per heavy atom. The van der Waals surface area contributed by atoms with Gasteiger partial charge in [0.05, 0.1) is 6.54 Å². The van der Waals surface area contributed by atoms with Crippen molar-refractivity contribution in [2.24, 2.45) is 10.7 Å². The number of aliphatic imine (C=N–C) groups is 1. The number of aromatic hydroxyl groups is 1. The minimum Gasteiger partial charge on any atom is -0.508 e. The molecule has 24 heavy (non-hydrogen) atoms. The van der Waals surface area contributed by atoms with Crippen LogP contribution in [0.2, 0.25) is 0 Å². The first-order chi connectivity index (χ1) is 11.5. The van der Waals surface area contributed by atoms with Crippen molar-refractivity contribution in [2.45, 2.75) is 46.1 Å². The highest BCUT2D eigenvalue weighted by Crippen LogP contribution is 2.31. The lowest BCUT2D eigenvalue weighted by molar-refractivity contribution is 0.465. The summed E-state index contributed by atoms with van der Waals surface area (Å²) in [6.45, 7) is 4.51. The molecule has 126 valence electrons. The van der Waals surface area contributed by atoms with Crippen molar-refractivity contribution >= 4 is 11.6 Å². The van der Waals surface area contributed by atoms with Gasteiger partial charge in [0.2, 0.25) is 0 Å². The lowest BCUT2D eigenvalue weighted by Gasteiger charge is -2.19. The number of hydrogen-bond acceptors (Lipinski definition) is 2. The molecule has 0 saturated heterocycles. The second-order valence-electron chi connectivity index (χ2n) is 6.61. The maximum absolute atomic E-state index is 10.2. The molecule has 1 aliphatic rings. The van der Waals surface area contributed by atoms with E-state index in [2.05, 4.69) is 30.2 Å². The summed E-state index contributed by atoms with van der Waals surface area (Å²) in [7, 11) is 0. The normalized spacial score (nSPS) is 14.3. The maximum Gasteiger partial charge on any atom is 0.193 e. The molecule has 4 N–H and O–H groups in total. The van der Waals surface area contributed by atoms with Crippen molar-refractivity contribution in [2.75, 3.05) is 5.32 Å². The number of guanidine groups is 1. The monoisotopic (exact) mass is 323 g/mol. The molecule has 0 spiro atoms. The smallest absolute Gasteiger partial charge is 0.193 e. The summed E-state index contributed by atoms with van der Waals surface area (Å²) >= 11 is 0. The van der Waals surface area contributed by atoms with E-state index >= 15 is 0 Å². The van der Waals surface area contributed by atoms with E-state index in [9.17, 15) is 5.11 Å². The van der Waals surface area contributed by atoms with Gasteiger partial charge in [0.15, 0.2) is 5.96 Å². The summed E-state index contributed by atoms with van der Waals surface area (Å²) in [5, 5.41) is 13.4. The molecular formula is C20H25N3O. The standard InChI is InChI=1S/C20H25N3O/c1-13-9-14(2)11-16(10-13)23-20(21)22-12-18-17-6-4-3-5-15(17)7-8-19(18)24/h7-11,24H,3-6,12H2,1-2H3,(H3,21,22,23). The Hall–Kier alpha value is -2.49. The van der Waals surface area contributed by atoms with Crippen LogP contribution in [-0.2, 0) is 19.4 Å². The van der Waals surface area contributed by atoms with Crippen LogP contribution in [0.1, 0.15) is 40.7 Å². The molecule has 0 heterocycles. The Balaban J connectivity index is 1.78. The van der Waals surface area contributed by atoms with Gasteiger partial charge in [0.25, 0.3) is 0 Å². The van der Waals surface area contributed by atoms with Gasteiger partial charge in [-0.25, -0.2) is 4.99 Å². The highest BCUT2D eigenvalue weighted by molar-refractivity contribution is 5.92. The average molecular weight is 323 g/mol. The lowest BCUT2D eigenvalue weighted by atomic mass is 9.88. The molecule has 0 bridgehead atoms. The number of fused-ring (bicyclic) bond motifs is 1. The SMILES string of the molecule is Cc1cc(C)cc(NC(N)=NCc2c(O)ccc3c2CCCC3)c1. The van der Waals surface area contributed by atoms with E-state index in [4.69, 9.17) is 5.73 Å². The molecule has 2 aromatic carbocycles. The fourth-order valence-corrected chi connectivity index (χ4v) is 3.47. The number of nitrogens with two attached hydrogens (primary N) is 1. The predicted molar refractivity (Wildman–Crippen MR) is 99.6 cm³/mol. The first-order valence-electron chi connectivity index (χ1n) is 8.51. The minimum atomic E-state index is 0.318. The van der Waals surface area contributed by atoms with Crippen LogP contribution < -0.4 is 11.1 Å². The topological polar surface area (TPSA) is 70.6 Å². The molecule has 1 aliphatic carbocycles. The van der Waals surface area contributed by atoms with Crippen molar-refractivity contribution < 1.29 is 5.11 Å². The molecule has 0 saturated carbocycles. The van der Waals surface area contributed by atoms with Gasteiger partial charge in [-0.05, 0) is 80.0 Å². The number of nitrogens with zero attached hydrogens (tertiary/aromatic N) is 1. The van der Waals surface area contributed by atoms with E-state index in [1.54, 1.807) is 6.07 Å². The Bertz CT molecular complexity index is 760. The second-order valence-corrected chi connectivity index (χ2v) is 6.61. The van der Waals surface area contributed by atoms with Crippen molar-refractivity contribution in [1.29, 1.82) is 0 Å². The molecule has 0 fully saturated rings. The van der Waals surface area contributed by atoms with Crippen LogP contribution in [0, 0.1) is 13.8 Å². The van der Waals surface area contributed by atoms with Crippen molar-refractivity contribution in [3.8, 4) is 5.75 Å². The van der Waals surface area contributed by atoms with Gasteiger partial charge in [-0.1, -0.05) is 12.1 Å². The third-order valence-corrected chi connectivity index (χ3v) is 4.53. The fourth-order valence-electron chi connectivity index (χ4n) is 3.47. The van der Waals surface area contributed by atoms with E-state index < -0.39 is 0 Å². The van der Waals surface area contributed by atoms with Crippen LogP contribution in [0.25, 0.3) is 0 Å². The molecule has 4 heteroatoms. The van der Waals surface area contributed by atoms with Gasteiger partial charge >= 0.3 is 0 Å². The van der Waals surface area contributed by atoms with Crippen molar-refractivity contribution in [1.82, 2.24) is 0 Å². The van der Waals surface area contributed by atoms with Gasteiger partial charge in [0.1, 0.15) is 5.75 Å². The molecule has 2 aromatic rings. The molecule has 3 rings (SSSR count). The molecule has 0 aromatic heterocycles. The fraction of sp³-hybridized carbons (Fsp3) is 0.350. The summed E-state index contributed by atoms with van der Waals surface area (Å²) < 4.78 is 0. The summed E-state index contributed by atoms with van der Waals surface area (Å²) in [6.07, 6.45) is 4.49. The summed E-state index contributed by atoms with van der Waals surface area (Å²) in [5.74, 6) is 0.686. The van der Waals surface area contributed by atoms with Crippen LogP contribution in [0.4, 0.5) is 5.69 Å². The second kappa shape index (κ2) is 6.95. The van der Waals surface area contributed by atoms with Gasteiger partial charge in [0, 0.05) is 11.3 Å². The Morgan fingerprint density at radius 1 is 1.12 bits per heavy atom. The maximum atomic E-state index is 10.2. The van der Waals surface area contributed by atoms with Crippen LogP contribution in [-0.4, -0.2) is 11.1 Å². The zero-order valence-corrected chi connectivity index (χ0v) is 14.4. The first kappa shape index (κ1) is 16.4. The number of aryl methyl sites for hydroxylation is 3. The molecule has 4 nitrogen and oxygen atoms in total. The van der Waals surface area contributed by atoms with E-state index in [1.807, 2.05) is 18.2 Å². The quantitative estimate of drug-likeness (QED) is 0.594. The van der Waals surface area contributed by atoms with E-state index in [1.165, 1.54) is 35.1 Å². The number of benzene rings is 2. The molecule has 0 unspecified atom stereocenters. The predicted octanol–water partition coefficient (Wildman–Crippen LogP) is 3.81. The lowest BCUT2D eigenvalue weighted by Crippen LogP contribution is -2.23. The van der Waals surface area contributed by atoms with Crippen LogP contribution in [0.3, 0.4) is 0 Å². The number of nitrogens with one attached hydrogen (secondary N) is 1. The van der Waals surface area contributed by atoms with Gasteiger partial charge in [-0.2, -0.15) is 0 Å². The molecule has 0 amide bonds. The number of hydrogen-bond donors (Lipinski definition) is 3. The van der Waals surface area contributed by atoms with Crippen molar-refractivity contribution in [3.63, 3.8) is 0 Å². The molecule has 0 radical (unpaired) electrons. The number of phenols is 1. The van der Waals surface area contributed by atoms with Crippen molar-refractivity contribution in [3.05, 3.63) is 58.1 Å². The number of anilines is 1. The number of phenolic OH excluding ortho intramolecular Hbond substituents is 1. The first-order valence-corrected chi connectivity index (χ1v) is 8.51. The third-order valence-electron chi connectivity index (χ3n) is 4.53. The van der Waals surface area contributed by atoms with Crippen LogP contribution in [0.5, 0.6) is 5.75 Å². The van der Waals surface area contributed by atoms with E-state index in [-0.39, 0.29) is 0 Å². The zero-order valence-electron chi connectivity index (χ0n) is 14.4. The van der Waals surface area contributed by atoms with E-state index in [0.717, 1.165) is 24.1 Å². The molecule has 0 atom stereocenters. The largest absolute Gasteiger partial charge is 0.508 e. The Labute approximate surface area is 143 Å². The Morgan fingerprint density at radius 3 is 2.58 bits per heavy atom. The van der Waals surface area contributed by atoms with E-state index in [0.29, 0.717) is 18.3 Å². The Kier molecular flexibility index (Phi) is 4.74. The van der Waals surface area contributed by atoms with Gasteiger partial charge in [-0.15, -0.1) is 0 Å². The summed E-state index contributed by atoms with van der Waals surface area (Å²) in [5.41, 5.74) is 12.8. The number of rotatable bonds is 3. The zero-order chi connectivity index (χ0) is 17.1. The third kappa shape index (κ3) is 3.70. The average Bonchev–Trinajstić information content (AvgIpc) is 2.53. The molecule has 0 aliphatic heterocycles. The minimum absolute atomic E-state index is 0.318. The van der Waals surface area contributed by atoms with Gasteiger partial charge < -0.3 is 16.2 Å². The summed E-state index contributed by atoms with van der Waals surface area (Å²) in [4.78, 5) is 4.44.